The molecule has 0 bridgehead atoms. The third-order valence-electron chi connectivity index (χ3n) is 2.66. The second-order valence-electron chi connectivity index (χ2n) is 5.54. The van der Waals surface area contributed by atoms with Crippen LogP contribution >= 0.6 is 0 Å². The smallest absolute Gasteiger partial charge is 0.376 e. The van der Waals surface area contributed by atoms with Crippen LogP contribution in [0, 0.1) is 0 Å². The molecule has 0 unspecified atom stereocenters. The molecule has 0 saturated carbocycles. The fraction of sp³-hybridized carbons (Fsp3) is 0.500. The average Bonchev–Trinajstić information content (AvgIpc) is 2.32. The zero-order valence-electron chi connectivity index (χ0n) is 11.8. The van der Waals surface area contributed by atoms with Gasteiger partial charge in [0.2, 0.25) is 5.91 Å². The van der Waals surface area contributed by atoms with E-state index in [0.717, 1.165) is 11.3 Å². The van der Waals surface area contributed by atoms with Crippen LogP contribution in [-0.4, -0.2) is 25.2 Å². The minimum atomic E-state index is -4.39. The molecule has 0 atom stereocenters. The summed E-state index contributed by atoms with van der Waals surface area (Å²) < 4.78 is 35.9. The molecule has 0 radical (unpaired) electrons. The van der Waals surface area contributed by atoms with Gasteiger partial charge in [-0.25, -0.2) is 0 Å². The predicted molar refractivity (Wildman–Crippen MR) is 72.7 cm³/mol. The first kappa shape index (κ1) is 16.3. The molecule has 20 heavy (non-hydrogen) atoms. The van der Waals surface area contributed by atoms with Crippen LogP contribution < -0.4 is 10.6 Å². The summed E-state index contributed by atoms with van der Waals surface area (Å²) in [4.78, 5) is 11.4. The van der Waals surface area contributed by atoms with Crippen molar-refractivity contribution < 1.29 is 18.0 Å². The van der Waals surface area contributed by atoms with Gasteiger partial charge in [-0.2, -0.15) is 13.2 Å². The molecule has 6 heteroatoms. The normalized spacial score (nSPS) is 12.1. The van der Waals surface area contributed by atoms with Gasteiger partial charge in [-0.05, 0) is 17.0 Å². The van der Waals surface area contributed by atoms with Gasteiger partial charge in [-0.15, -0.1) is 0 Å². The van der Waals surface area contributed by atoms with Crippen molar-refractivity contribution in [3.63, 3.8) is 0 Å². The van der Waals surface area contributed by atoms with Crippen LogP contribution in [0.15, 0.2) is 24.3 Å². The van der Waals surface area contributed by atoms with Gasteiger partial charge in [0.05, 0.1) is 6.54 Å². The van der Waals surface area contributed by atoms with Gasteiger partial charge in [-0.1, -0.05) is 39.0 Å². The second kappa shape index (κ2) is 6.15. The van der Waals surface area contributed by atoms with Crippen molar-refractivity contribution in [3.05, 3.63) is 29.8 Å². The van der Waals surface area contributed by atoms with Crippen molar-refractivity contribution in [2.45, 2.75) is 32.4 Å². The maximum atomic E-state index is 12.0. The number of hydrogen-bond acceptors (Lipinski definition) is 2. The summed E-state index contributed by atoms with van der Waals surface area (Å²) in [6.45, 7) is 4.57. The summed E-state index contributed by atoms with van der Waals surface area (Å²) in [5, 5.41) is 4.70. The van der Waals surface area contributed by atoms with Crippen LogP contribution in [0.1, 0.15) is 26.3 Å². The van der Waals surface area contributed by atoms with E-state index in [1.54, 1.807) is 6.07 Å². The summed E-state index contributed by atoms with van der Waals surface area (Å²) in [7, 11) is 0. The van der Waals surface area contributed by atoms with Crippen LogP contribution in [0.5, 0.6) is 0 Å². The van der Waals surface area contributed by atoms with Crippen molar-refractivity contribution >= 4 is 11.6 Å². The Kier molecular flexibility index (Phi) is 5.03. The van der Waals surface area contributed by atoms with Gasteiger partial charge in [0.15, 0.2) is 0 Å². The number of anilines is 1. The number of hydrogen-bond donors (Lipinski definition) is 2. The van der Waals surface area contributed by atoms with E-state index in [0.29, 0.717) is 0 Å². The maximum Gasteiger partial charge on any atom is 0.405 e. The third-order valence-corrected chi connectivity index (χ3v) is 2.66. The molecule has 1 aromatic rings. The molecule has 1 aromatic carbocycles. The summed E-state index contributed by atoms with van der Waals surface area (Å²) in [5.74, 6) is -0.689. The zero-order chi connectivity index (χ0) is 15.4. The van der Waals surface area contributed by atoms with Crippen molar-refractivity contribution in [2.75, 3.05) is 18.4 Å². The molecular weight excluding hydrogens is 269 g/mol. The first-order valence-corrected chi connectivity index (χ1v) is 6.26. The van der Waals surface area contributed by atoms with Gasteiger partial charge in [-0.3, -0.25) is 4.79 Å². The van der Waals surface area contributed by atoms with E-state index in [9.17, 15) is 18.0 Å². The monoisotopic (exact) mass is 288 g/mol. The van der Waals surface area contributed by atoms with Crippen molar-refractivity contribution in [2.24, 2.45) is 0 Å². The molecule has 2 N–H and O–H groups in total. The summed E-state index contributed by atoms with van der Waals surface area (Å²) in [6.07, 6.45) is -4.39. The molecule has 112 valence electrons. The quantitative estimate of drug-likeness (QED) is 0.894. The topological polar surface area (TPSA) is 41.1 Å². The lowest BCUT2D eigenvalue weighted by Crippen LogP contribution is -2.37. The molecule has 0 saturated heterocycles. The molecule has 0 aromatic heterocycles. The number of carbonyl (C=O) groups excluding carboxylic acids is 1. The van der Waals surface area contributed by atoms with Gasteiger partial charge in [0, 0.05) is 5.69 Å². The predicted octanol–water partition coefficient (Wildman–Crippen LogP) is 3.07. The molecule has 0 heterocycles. The van der Waals surface area contributed by atoms with Crippen molar-refractivity contribution in [1.29, 1.82) is 0 Å². The van der Waals surface area contributed by atoms with Gasteiger partial charge < -0.3 is 10.6 Å². The number of rotatable bonds is 4. The highest BCUT2D eigenvalue weighted by Crippen LogP contribution is 2.28. The Bertz CT molecular complexity index is 464. The molecule has 1 amide bonds. The van der Waals surface area contributed by atoms with Crippen molar-refractivity contribution in [3.8, 4) is 0 Å². The summed E-state index contributed by atoms with van der Waals surface area (Å²) in [5.41, 5.74) is 1.64. The summed E-state index contributed by atoms with van der Waals surface area (Å²) in [6, 6.07) is 7.42. The molecule has 1 rings (SSSR count). The largest absolute Gasteiger partial charge is 0.405 e. The highest BCUT2D eigenvalue weighted by Gasteiger charge is 2.27. The number of para-hydroxylation sites is 1. The molecule has 0 aliphatic carbocycles. The van der Waals surface area contributed by atoms with E-state index in [2.05, 4.69) is 5.32 Å². The van der Waals surface area contributed by atoms with E-state index in [1.807, 2.05) is 44.3 Å². The van der Waals surface area contributed by atoms with E-state index in [-0.39, 0.29) is 12.0 Å². The Morgan fingerprint density at radius 3 is 2.30 bits per heavy atom. The lowest BCUT2D eigenvalue weighted by Gasteiger charge is -2.23. The SMILES string of the molecule is CC(C)(C)c1ccccc1NCC(=O)NCC(F)(F)F. The number of halogens is 3. The summed E-state index contributed by atoms with van der Waals surface area (Å²) >= 11 is 0. The minimum absolute atomic E-state index is 0.119. The lowest BCUT2D eigenvalue weighted by molar-refractivity contribution is -0.137. The number of amides is 1. The molecule has 3 nitrogen and oxygen atoms in total. The second-order valence-corrected chi connectivity index (χ2v) is 5.54. The Morgan fingerprint density at radius 1 is 1.15 bits per heavy atom. The van der Waals surface area contributed by atoms with Gasteiger partial charge in [0.1, 0.15) is 6.54 Å². The van der Waals surface area contributed by atoms with E-state index in [1.165, 1.54) is 0 Å². The van der Waals surface area contributed by atoms with E-state index < -0.39 is 18.6 Å². The third kappa shape index (κ3) is 5.50. The Labute approximate surface area is 116 Å². The molecule has 0 fully saturated rings. The number of carbonyl (C=O) groups is 1. The van der Waals surface area contributed by atoms with Crippen LogP contribution in [0.4, 0.5) is 18.9 Å². The first-order chi connectivity index (χ1) is 9.09. The molecule has 0 aliphatic rings. The Morgan fingerprint density at radius 2 is 1.75 bits per heavy atom. The van der Waals surface area contributed by atoms with Crippen LogP contribution in [0.25, 0.3) is 0 Å². The highest BCUT2D eigenvalue weighted by molar-refractivity contribution is 5.81. The van der Waals surface area contributed by atoms with E-state index in [4.69, 9.17) is 0 Å². The first-order valence-electron chi connectivity index (χ1n) is 6.26. The highest BCUT2D eigenvalue weighted by atomic mass is 19.4. The number of nitrogens with one attached hydrogen (secondary N) is 2. The molecule has 0 spiro atoms. The molecule has 0 aliphatic heterocycles. The zero-order valence-corrected chi connectivity index (χ0v) is 11.8. The maximum absolute atomic E-state index is 12.0. The number of benzene rings is 1. The van der Waals surface area contributed by atoms with E-state index >= 15 is 0 Å². The Hall–Kier alpha value is -1.72. The minimum Gasteiger partial charge on any atom is -0.376 e. The van der Waals surface area contributed by atoms with Crippen LogP contribution in [-0.2, 0) is 10.2 Å². The number of alkyl halides is 3. The lowest BCUT2D eigenvalue weighted by atomic mass is 9.86. The van der Waals surface area contributed by atoms with Gasteiger partial charge in [0.25, 0.3) is 0 Å². The van der Waals surface area contributed by atoms with Crippen LogP contribution in [0.3, 0.4) is 0 Å². The standard InChI is InChI=1S/C14H19F3N2O/c1-13(2,3)10-6-4-5-7-11(10)18-8-12(20)19-9-14(15,16)17/h4-7,18H,8-9H2,1-3H3,(H,19,20). The van der Waals surface area contributed by atoms with Crippen LogP contribution in [0.2, 0.25) is 0 Å². The fourth-order valence-electron chi connectivity index (χ4n) is 1.73. The van der Waals surface area contributed by atoms with Crippen molar-refractivity contribution in [1.82, 2.24) is 5.32 Å². The molecular formula is C14H19F3N2O. The Balaban J connectivity index is 2.60. The fourth-order valence-corrected chi connectivity index (χ4v) is 1.73. The van der Waals surface area contributed by atoms with Gasteiger partial charge >= 0.3 is 6.18 Å². The average molecular weight is 288 g/mol.